The Bertz CT molecular complexity index is 542. The van der Waals surface area contributed by atoms with Crippen molar-refractivity contribution in [3.63, 3.8) is 0 Å². The number of methoxy groups -OCH3 is 2. The molecule has 6 heteroatoms. The van der Waals surface area contributed by atoms with Crippen LogP contribution in [0.4, 0.5) is 0 Å². The molecule has 0 radical (unpaired) electrons. The summed E-state index contributed by atoms with van der Waals surface area (Å²) < 4.78 is 10.8. The van der Waals surface area contributed by atoms with Crippen molar-refractivity contribution in [2.75, 3.05) is 25.8 Å². The number of carbonyl (C=O) groups is 1. The fourth-order valence-electron chi connectivity index (χ4n) is 2.39. The molecule has 120 valence electrons. The first-order valence-corrected chi connectivity index (χ1v) is 8.28. The summed E-state index contributed by atoms with van der Waals surface area (Å²) in [6.45, 7) is 4.23. The number of nitrogens with one attached hydrogen (secondary N) is 2. The molecule has 0 spiro atoms. The average Bonchev–Trinajstić information content (AvgIpc) is 3.06. The molecule has 1 aliphatic rings. The lowest BCUT2D eigenvalue weighted by Gasteiger charge is -2.15. The minimum absolute atomic E-state index is 0.0325. The summed E-state index contributed by atoms with van der Waals surface area (Å²) in [6, 6.07) is 3.81. The highest BCUT2D eigenvalue weighted by Crippen LogP contribution is 2.33. The lowest BCUT2D eigenvalue weighted by atomic mass is 10.1. The minimum atomic E-state index is -0.0993. The van der Waals surface area contributed by atoms with Gasteiger partial charge in [-0.2, -0.15) is 0 Å². The van der Waals surface area contributed by atoms with Crippen LogP contribution in [0.5, 0.6) is 11.5 Å². The zero-order valence-electron chi connectivity index (χ0n) is 13.0. The van der Waals surface area contributed by atoms with Gasteiger partial charge in [0.2, 0.25) is 5.91 Å². The van der Waals surface area contributed by atoms with Crippen LogP contribution in [0.15, 0.2) is 24.8 Å². The van der Waals surface area contributed by atoms with Crippen LogP contribution in [0.1, 0.15) is 11.1 Å². The minimum Gasteiger partial charge on any atom is -0.493 e. The summed E-state index contributed by atoms with van der Waals surface area (Å²) in [7, 11) is 3.23. The average molecular weight is 322 g/mol. The van der Waals surface area contributed by atoms with Gasteiger partial charge in [-0.25, -0.2) is 0 Å². The molecule has 0 saturated carbocycles. The van der Waals surface area contributed by atoms with Crippen LogP contribution in [-0.4, -0.2) is 37.8 Å². The largest absolute Gasteiger partial charge is 0.493 e. The standard InChI is InChI=1S/C16H22N2O3S/c1-4-5-12-6-11(7-14(20-2)15(12)21-3)8-17-16(19)13-9-22-10-18-13/h4,6-7,13,18H,1,5,8-10H2,2-3H3,(H,17,19). The molecule has 1 amide bonds. The SMILES string of the molecule is C=CCc1cc(CNC(=O)C2CSCN2)cc(OC)c1OC. The third kappa shape index (κ3) is 3.96. The molecule has 1 aromatic carbocycles. The monoisotopic (exact) mass is 322 g/mol. The van der Waals surface area contributed by atoms with Gasteiger partial charge < -0.3 is 14.8 Å². The molecule has 1 heterocycles. The number of allylic oxidation sites excluding steroid dienone is 1. The molecule has 0 aliphatic carbocycles. The van der Waals surface area contributed by atoms with Gasteiger partial charge in [0.05, 0.1) is 20.3 Å². The van der Waals surface area contributed by atoms with Crippen LogP contribution < -0.4 is 20.1 Å². The summed E-state index contributed by atoms with van der Waals surface area (Å²) in [4.78, 5) is 12.0. The number of ether oxygens (including phenoxy) is 2. The summed E-state index contributed by atoms with van der Waals surface area (Å²) in [5, 5.41) is 6.12. The van der Waals surface area contributed by atoms with E-state index >= 15 is 0 Å². The highest BCUT2D eigenvalue weighted by atomic mass is 32.2. The third-order valence-corrected chi connectivity index (χ3v) is 4.42. The molecule has 5 nitrogen and oxygen atoms in total. The van der Waals surface area contributed by atoms with E-state index in [2.05, 4.69) is 17.2 Å². The van der Waals surface area contributed by atoms with Crippen LogP contribution in [-0.2, 0) is 17.8 Å². The molecular weight excluding hydrogens is 300 g/mol. The van der Waals surface area contributed by atoms with E-state index in [1.54, 1.807) is 26.0 Å². The second-order valence-corrected chi connectivity index (χ2v) is 6.00. The highest BCUT2D eigenvalue weighted by molar-refractivity contribution is 7.99. The Morgan fingerprint density at radius 3 is 2.91 bits per heavy atom. The summed E-state index contributed by atoms with van der Waals surface area (Å²) in [6.07, 6.45) is 2.50. The summed E-state index contributed by atoms with van der Waals surface area (Å²) in [5.41, 5.74) is 1.98. The second-order valence-electron chi connectivity index (χ2n) is 4.97. The molecule has 1 fully saturated rings. The smallest absolute Gasteiger partial charge is 0.238 e. The van der Waals surface area contributed by atoms with Gasteiger partial charge in [-0.05, 0) is 24.1 Å². The molecule has 1 saturated heterocycles. The molecule has 1 aliphatic heterocycles. The first-order chi connectivity index (χ1) is 10.7. The predicted octanol–water partition coefficient (Wildman–Crippen LogP) is 1.71. The van der Waals surface area contributed by atoms with Crippen molar-refractivity contribution < 1.29 is 14.3 Å². The number of benzene rings is 1. The lowest BCUT2D eigenvalue weighted by Crippen LogP contribution is -2.41. The van der Waals surface area contributed by atoms with Gasteiger partial charge in [-0.3, -0.25) is 10.1 Å². The zero-order valence-corrected chi connectivity index (χ0v) is 13.8. The predicted molar refractivity (Wildman–Crippen MR) is 89.5 cm³/mol. The van der Waals surface area contributed by atoms with E-state index in [1.165, 1.54) is 0 Å². The van der Waals surface area contributed by atoms with E-state index in [1.807, 2.05) is 18.2 Å². The van der Waals surface area contributed by atoms with Gasteiger partial charge in [0, 0.05) is 23.7 Å². The maximum absolute atomic E-state index is 12.0. The van der Waals surface area contributed by atoms with Gasteiger partial charge in [0.25, 0.3) is 0 Å². The quantitative estimate of drug-likeness (QED) is 0.749. The van der Waals surface area contributed by atoms with Gasteiger partial charge in [-0.15, -0.1) is 18.3 Å². The second kappa shape index (κ2) is 8.10. The Balaban J connectivity index is 2.10. The Morgan fingerprint density at radius 2 is 2.32 bits per heavy atom. The van der Waals surface area contributed by atoms with E-state index in [0.29, 0.717) is 24.5 Å². The Hall–Kier alpha value is -1.66. The maximum atomic E-state index is 12.0. The maximum Gasteiger partial charge on any atom is 0.238 e. The molecule has 22 heavy (non-hydrogen) atoms. The fraction of sp³-hybridized carbons (Fsp3) is 0.438. The third-order valence-electron chi connectivity index (χ3n) is 3.48. The van der Waals surface area contributed by atoms with Crippen molar-refractivity contribution in [1.82, 2.24) is 10.6 Å². The molecule has 0 aromatic heterocycles. The molecule has 2 rings (SSSR count). The number of hydrogen-bond acceptors (Lipinski definition) is 5. The van der Waals surface area contributed by atoms with E-state index in [0.717, 1.165) is 22.8 Å². The molecule has 1 aromatic rings. The van der Waals surface area contributed by atoms with E-state index < -0.39 is 0 Å². The van der Waals surface area contributed by atoms with Crippen molar-refractivity contribution in [1.29, 1.82) is 0 Å². The Morgan fingerprint density at radius 1 is 1.50 bits per heavy atom. The molecule has 1 atom stereocenters. The first kappa shape index (κ1) is 16.7. The number of rotatable bonds is 7. The van der Waals surface area contributed by atoms with Crippen LogP contribution in [0.2, 0.25) is 0 Å². The molecule has 1 unspecified atom stereocenters. The van der Waals surface area contributed by atoms with Gasteiger partial charge >= 0.3 is 0 Å². The first-order valence-electron chi connectivity index (χ1n) is 7.13. The molecule has 0 bridgehead atoms. The van der Waals surface area contributed by atoms with Crippen molar-refractivity contribution >= 4 is 17.7 Å². The Kier molecular flexibility index (Phi) is 6.15. The van der Waals surface area contributed by atoms with Crippen LogP contribution >= 0.6 is 11.8 Å². The van der Waals surface area contributed by atoms with Gasteiger partial charge in [0.15, 0.2) is 11.5 Å². The van der Waals surface area contributed by atoms with Crippen molar-refractivity contribution in [3.05, 3.63) is 35.9 Å². The number of carbonyl (C=O) groups excluding carboxylic acids is 1. The van der Waals surface area contributed by atoms with Crippen molar-refractivity contribution in [2.24, 2.45) is 0 Å². The van der Waals surface area contributed by atoms with Crippen LogP contribution in [0, 0.1) is 0 Å². The fourth-order valence-corrected chi connectivity index (χ4v) is 3.33. The number of hydrogen-bond donors (Lipinski definition) is 2. The van der Waals surface area contributed by atoms with Crippen LogP contribution in [0.3, 0.4) is 0 Å². The van der Waals surface area contributed by atoms with E-state index in [4.69, 9.17) is 9.47 Å². The number of amides is 1. The highest BCUT2D eigenvalue weighted by Gasteiger charge is 2.22. The summed E-state index contributed by atoms with van der Waals surface area (Å²) >= 11 is 1.73. The Labute approximate surface area is 135 Å². The zero-order chi connectivity index (χ0) is 15.9. The van der Waals surface area contributed by atoms with Crippen molar-refractivity contribution in [3.8, 4) is 11.5 Å². The molecule has 2 N–H and O–H groups in total. The summed E-state index contributed by atoms with van der Waals surface area (Å²) in [5.74, 6) is 3.06. The topological polar surface area (TPSA) is 59.6 Å². The van der Waals surface area contributed by atoms with Crippen molar-refractivity contribution in [2.45, 2.75) is 19.0 Å². The van der Waals surface area contributed by atoms with Crippen LogP contribution in [0.25, 0.3) is 0 Å². The lowest BCUT2D eigenvalue weighted by molar-refractivity contribution is -0.122. The van der Waals surface area contributed by atoms with E-state index in [-0.39, 0.29) is 11.9 Å². The molecular formula is C16H22N2O3S. The van der Waals surface area contributed by atoms with E-state index in [9.17, 15) is 4.79 Å². The van der Waals surface area contributed by atoms with Gasteiger partial charge in [-0.1, -0.05) is 6.08 Å². The normalized spacial score (nSPS) is 17.1. The van der Waals surface area contributed by atoms with Gasteiger partial charge in [0.1, 0.15) is 0 Å². The number of thioether (sulfide) groups is 1.